The molecular formula is C19H19FO7S. The van der Waals surface area contributed by atoms with Crippen LogP contribution in [0.5, 0.6) is 17.2 Å². The Bertz CT molecular complexity index is 1050. The number of hydrogen-bond acceptors (Lipinski definition) is 6. The Balaban J connectivity index is 2.12. The van der Waals surface area contributed by atoms with Gasteiger partial charge in [0.25, 0.3) is 0 Å². The Morgan fingerprint density at radius 1 is 1.29 bits per heavy atom. The number of carboxylic acids is 1. The van der Waals surface area contributed by atoms with E-state index < -0.39 is 27.2 Å². The Labute approximate surface area is 161 Å². The van der Waals surface area contributed by atoms with Crippen LogP contribution in [-0.2, 0) is 21.0 Å². The van der Waals surface area contributed by atoms with Crippen LogP contribution in [0.15, 0.2) is 35.2 Å². The van der Waals surface area contributed by atoms with Crippen molar-refractivity contribution in [3.8, 4) is 17.2 Å². The molecule has 0 spiro atoms. The molecule has 0 aliphatic carbocycles. The SMILES string of the molecule is COCC1(C)Cc2c(Oc3cc(F)ccc3S(C)(=O)=O)cc(C(=O)O)cc2O1. The third kappa shape index (κ3) is 3.95. The van der Waals surface area contributed by atoms with Gasteiger partial charge in [-0.25, -0.2) is 17.6 Å². The molecule has 1 aliphatic heterocycles. The van der Waals surface area contributed by atoms with Gasteiger partial charge in [0.05, 0.1) is 12.2 Å². The summed E-state index contributed by atoms with van der Waals surface area (Å²) in [6.45, 7) is 2.04. The van der Waals surface area contributed by atoms with Crippen molar-refractivity contribution in [3.05, 3.63) is 47.3 Å². The van der Waals surface area contributed by atoms with E-state index in [0.717, 1.165) is 24.5 Å². The van der Waals surface area contributed by atoms with Crippen LogP contribution in [0.2, 0.25) is 0 Å². The first kappa shape index (κ1) is 20.1. The molecule has 0 bridgehead atoms. The number of methoxy groups -OCH3 is 1. The normalized spacial score (nSPS) is 18.4. The highest BCUT2D eigenvalue weighted by atomic mass is 32.2. The first-order valence-corrected chi connectivity index (χ1v) is 10.2. The van der Waals surface area contributed by atoms with Gasteiger partial charge in [-0.3, -0.25) is 0 Å². The molecule has 28 heavy (non-hydrogen) atoms. The standard InChI is InChI=1S/C19H19FO7S/c1-19(10-25-2)9-13-14(6-11(18(21)22)7-15(13)27-19)26-16-8-12(20)4-5-17(16)28(3,23)24/h4-8H,9-10H2,1-3H3,(H,21,22). The van der Waals surface area contributed by atoms with E-state index in [1.54, 1.807) is 6.92 Å². The van der Waals surface area contributed by atoms with Crippen LogP contribution >= 0.6 is 0 Å². The van der Waals surface area contributed by atoms with Crippen molar-refractivity contribution >= 4 is 15.8 Å². The quantitative estimate of drug-likeness (QED) is 0.731. The fourth-order valence-corrected chi connectivity index (χ4v) is 3.93. The Kier molecular flexibility index (Phi) is 5.07. The smallest absolute Gasteiger partial charge is 0.335 e. The molecule has 7 nitrogen and oxygen atoms in total. The zero-order valence-electron chi connectivity index (χ0n) is 15.5. The van der Waals surface area contributed by atoms with E-state index in [-0.39, 0.29) is 28.6 Å². The lowest BCUT2D eigenvalue weighted by atomic mass is 9.98. The molecule has 150 valence electrons. The molecule has 2 aromatic rings. The van der Waals surface area contributed by atoms with Crippen molar-refractivity contribution in [1.29, 1.82) is 0 Å². The van der Waals surface area contributed by atoms with Crippen LogP contribution in [0.4, 0.5) is 4.39 Å². The van der Waals surface area contributed by atoms with Gasteiger partial charge in [-0.1, -0.05) is 0 Å². The molecule has 0 amide bonds. The van der Waals surface area contributed by atoms with Crippen LogP contribution < -0.4 is 9.47 Å². The zero-order chi connectivity index (χ0) is 20.7. The van der Waals surface area contributed by atoms with E-state index in [2.05, 4.69) is 0 Å². The summed E-state index contributed by atoms with van der Waals surface area (Å²) in [5, 5.41) is 9.38. The van der Waals surface area contributed by atoms with Gasteiger partial charge in [-0.05, 0) is 31.2 Å². The third-order valence-electron chi connectivity index (χ3n) is 4.30. The van der Waals surface area contributed by atoms with E-state index >= 15 is 0 Å². The molecule has 3 rings (SSSR count). The molecular weight excluding hydrogens is 391 g/mol. The predicted octanol–water partition coefficient (Wildman–Crippen LogP) is 3.06. The summed E-state index contributed by atoms with van der Waals surface area (Å²) in [5.41, 5.74) is -0.297. The second-order valence-corrected chi connectivity index (χ2v) is 8.87. The van der Waals surface area contributed by atoms with Crippen molar-refractivity contribution in [1.82, 2.24) is 0 Å². The first-order valence-electron chi connectivity index (χ1n) is 8.28. The van der Waals surface area contributed by atoms with Gasteiger partial charge >= 0.3 is 5.97 Å². The van der Waals surface area contributed by atoms with E-state index in [4.69, 9.17) is 14.2 Å². The number of benzene rings is 2. The van der Waals surface area contributed by atoms with Crippen LogP contribution in [0.25, 0.3) is 0 Å². The minimum Gasteiger partial charge on any atom is -0.484 e. The van der Waals surface area contributed by atoms with Crippen LogP contribution in [0, 0.1) is 5.82 Å². The first-order chi connectivity index (χ1) is 13.0. The number of fused-ring (bicyclic) bond motifs is 1. The van der Waals surface area contributed by atoms with Gasteiger partial charge < -0.3 is 19.3 Å². The highest BCUT2D eigenvalue weighted by molar-refractivity contribution is 7.90. The zero-order valence-corrected chi connectivity index (χ0v) is 16.3. The van der Waals surface area contributed by atoms with Crippen molar-refractivity contribution in [2.45, 2.75) is 23.8 Å². The maximum absolute atomic E-state index is 13.7. The average molecular weight is 410 g/mol. The van der Waals surface area contributed by atoms with Crippen LogP contribution in [-0.4, -0.2) is 45.1 Å². The Morgan fingerprint density at radius 2 is 2.00 bits per heavy atom. The summed E-state index contributed by atoms with van der Waals surface area (Å²) in [4.78, 5) is 11.3. The Morgan fingerprint density at radius 3 is 2.61 bits per heavy atom. The minimum absolute atomic E-state index is 0.0882. The molecule has 1 heterocycles. The number of rotatable bonds is 6. The molecule has 0 aromatic heterocycles. The number of halogens is 1. The summed E-state index contributed by atoms with van der Waals surface area (Å²) in [5.74, 6) is -1.74. The predicted molar refractivity (Wildman–Crippen MR) is 97.6 cm³/mol. The largest absolute Gasteiger partial charge is 0.484 e. The fraction of sp³-hybridized carbons (Fsp3) is 0.316. The van der Waals surface area contributed by atoms with Crippen molar-refractivity contribution in [2.75, 3.05) is 20.0 Å². The van der Waals surface area contributed by atoms with E-state index in [9.17, 15) is 22.7 Å². The molecule has 0 saturated heterocycles. The molecule has 1 aliphatic rings. The molecule has 0 radical (unpaired) electrons. The third-order valence-corrected chi connectivity index (χ3v) is 5.43. The lowest BCUT2D eigenvalue weighted by molar-refractivity contribution is 0.0204. The average Bonchev–Trinajstić information content (AvgIpc) is 2.90. The van der Waals surface area contributed by atoms with Crippen molar-refractivity contribution < 1.29 is 36.9 Å². The fourth-order valence-electron chi connectivity index (χ4n) is 3.15. The number of aromatic carboxylic acids is 1. The summed E-state index contributed by atoms with van der Waals surface area (Å²) < 4.78 is 54.5. The molecule has 2 aromatic carbocycles. The van der Waals surface area contributed by atoms with Gasteiger partial charge in [0.1, 0.15) is 33.6 Å². The second-order valence-electron chi connectivity index (χ2n) is 6.88. The summed E-state index contributed by atoms with van der Waals surface area (Å²) in [6, 6.07) is 5.70. The number of hydrogen-bond donors (Lipinski definition) is 1. The number of sulfone groups is 1. The lowest BCUT2D eigenvalue weighted by Crippen LogP contribution is -2.35. The lowest BCUT2D eigenvalue weighted by Gasteiger charge is -2.22. The van der Waals surface area contributed by atoms with Gasteiger partial charge in [0, 0.05) is 31.4 Å². The van der Waals surface area contributed by atoms with Gasteiger partial charge in [-0.15, -0.1) is 0 Å². The Hall–Kier alpha value is -2.65. The molecule has 1 N–H and O–H groups in total. The number of carboxylic acid groups (broad SMARTS) is 1. The number of carbonyl (C=O) groups is 1. The molecule has 0 fully saturated rings. The van der Waals surface area contributed by atoms with Gasteiger partial charge in [0.2, 0.25) is 0 Å². The van der Waals surface area contributed by atoms with Gasteiger partial charge in [-0.2, -0.15) is 0 Å². The molecule has 1 unspecified atom stereocenters. The summed E-state index contributed by atoms with van der Waals surface area (Å²) >= 11 is 0. The van der Waals surface area contributed by atoms with Crippen molar-refractivity contribution in [2.24, 2.45) is 0 Å². The molecule has 9 heteroatoms. The monoisotopic (exact) mass is 410 g/mol. The summed E-state index contributed by atoms with van der Waals surface area (Å²) in [6.07, 6.45) is 1.32. The summed E-state index contributed by atoms with van der Waals surface area (Å²) in [7, 11) is -2.18. The highest BCUT2D eigenvalue weighted by Gasteiger charge is 2.38. The van der Waals surface area contributed by atoms with E-state index in [1.165, 1.54) is 19.2 Å². The maximum Gasteiger partial charge on any atom is 0.335 e. The van der Waals surface area contributed by atoms with E-state index in [0.29, 0.717) is 17.7 Å². The van der Waals surface area contributed by atoms with Crippen LogP contribution in [0.3, 0.4) is 0 Å². The highest BCUT2D eigenvalue weighted by Crippen LogP contribution is 2.44. The van der Waals surface area contributed by atoms with E-state index in [1.807, 2.05) is 0 Å². The topological polar surface area (TPSA) is 99.1 Å². The maximum atomic E-state index is 13.7. The van der Waals surface area contributed by atoms with Gasteiger partial charge in [0.15, 0.2) is 9.84 Å². The second kappa shape index (κ2) is 7.06. The molecule has 1 atom stereocenters. The van der Waals surface area contributed by atoms with Crippen LogP contribution in [0.1, 0.15) is 22.8 Å². The minimum atomic E-state index is -3.70. The molecule has 0 saturated carbocycles. The number of ether oxygens (including phenoxy) is 3. The van der Waals surface area contributed by atoms with Crippen molar-refractivity contribution in [3.63, 3.8) is 0 Å².